The fourth-order valence-corrected chi connectivity index (χ4v) is 6.60. The summed E-state index contributed by atoms with van der Waals surface area (Å²) < 4.78 is 16.7. The number of carbonyl (C=O) groups is 3. The van der Waals surface area contributed by atoms with E-state index in [1.54, 1.807) is 0 Å². The van der Waals surface area contributed by atoms with Crippen molar-refractivity contribution < 1.29 is 28.6 Å². The van der Waals surface area contributed by atoms with Crippen LogP contribution in [0.1, 0.15) is 220 Å². The third kappa shape index (κ3) is 47.4. The number of esters is 3. The van der Waals surface area contributed by atoms with Crippen molar-refractivity contribution in [1.82, 2.24) is 0 Å². The molecule has 6 nitrogen and oxygen atoms in total. The third-order valence-corrected chi connectivity index (χ3v) is 10.4. The van der Waals surface area contributed by atoms with E-state index in [0.29, 0.717) is 19.3 Å². The van der Waals surface area contributed by atoms with Gasteiger partial charge in [-0.15, -0.1) is 0 Å². The van der Waals surface area contributed by atoms with Crippen LogP contribution in [-0.2, 0) is 28.6 Å². The predicted molar refractivity (Wildman–Crippen MR) is 265 cm³/mol. The molecule has 0 spiro atoms. The topological polar surface area (TPSA) is 78.9 Å². The van der Waals surface area contributed by atoms with Gasteiger partial charge in [0.2, 0.25) is 0 Å². The Balaban J connectivity index is 4.46. The lowest BCUT2D eigenvalue weighted by Crippen LogP contribution is -2.30. The summed E-state index contributed by atoms with van der Waals surface area (Å²) in [6.07, 6.45) is 65.3. The Kier molecular flexibility index (Phi) is 47.0. The predicted octanol–water partition coefficient (Wildman–Crippen LogP) is 16.6. The first-order valence-electron chi connectivity index (χ1n) is 25.3. The molecule has 1 atom stereocenters. The summed E-state index contributed by atoms with van der Waals surface area (Å²) in [5.41, 5.74) is 0. The van der Waals surface area contributed by atoms with Crippen LogP contribution >= 0.6 is 0 Å². The highest BCUT2D eigenvalue weighted by Crippen LogP contribution is 2.13. The van der Waals surface area contributed by atoms with Gasteiger partial charge >= 0.3 is 17.9 Å². The number of hydrogen-bond acceptors (Lipinski definition) is 6. The van der Waals surface area contributed by atoms with Gasteiger partial charge in [-0.05, 0) is 103 Å². The highest BCUT2D eigenvalue weighted by Gasteiger charge is 2.19. The first-order chi connectivity index (χ1) is 30.5. The van der Waals surface area contributed by atoms with E-state index in [9.17, 15) is 14.4 Å². The number of hydrogen-bond donors (Lipinski definition) is 0. The van der Waals surface area contributed by atoms with Crippen LogP contribution in [0.3, 0.4) is 0 Å². The Morgan fingerprint density at radius 3 is 1.16 bits per heavy atom. The Bertz CT molecular complexity index is 1260. The van der Waals surface area contributed by atoms with Crippen molar-refractivity contribution >= 4 is 17.9 Å². The van der Waals surface area contributed by atoms with Crippen molar-refractivity contribution in [3.63, 3.8) is 0 Å². The zero-order valence-electron chi connectivity index (χ0n) is 40.1. The van der Waals surface area contributed by atoms with Gasteiger partial charge in [0.15, 0.2) is 6.10 Å². The summed E-state index contributed by atoms with van der Waals surface area (Å²) in [6, 6.07) is 0. The van der Waals surface area contributed by atoms with Crippen molar-refractivity contribution in [2.45, 2.75) is 226 Å². The van der Waals surface area contributed by atoms with Crippen molar-refractivity contribution in [2.75, 3.05) is 13.2 Å². The van der Waals surface area contributed by atoms with Crippen LogP contribution in [0.2, 0.25) is 0 Å². The van der Waals surface area contributed by atoms with Gasteiger partial charge in [-0.25, -0.2) is 0 Å². The van der Waals surface area contributed by atoms with Crippen molar-refractivity contribution in [2.24, 2.45) is 0 Å². The van der Waals surface area contributed by atoms with E-state index < -0.39 is 6.10 Å². The van der Waals surface area contributed by atoms with Crippen LogP contribution in [0.4, 0.5) is 0 Å². The smallest absolute Gasteiger partial charge is 0.306 e. The minimum atomic E-state index is -0.801. The lowest BCUT2D eigenvalue weighted by molar-refractivity contribution is -0.167. The Morgan fingerprint density at radius 2 is 0.710 bits per heavy atom. The molecule has 0 aliphatic rings. The van der Waals surface area contributed by atoms with Gasteiger partial charge < -0.3 is 14.2 Å². The normalized spacial score (nSPS) is 12.9. The highest BCUT2D eigenvalue weighted by molar-refractivity contribution is 5.71. The average Bonchev–Trinajstić information content (AvgIpc) is 3.27. The zero-order valence-corrected chi connectivity index (χ0v) is 40.1. The second kappa shape index (κ2) is 50.0. The maximum atomic E-state index is 12.8. The van der Waals surface area contributed by atoms with E-state index in [0.717, 1.165) is 128 Å². The lowest BCUT2D eigenvalue weighted by atomic mass is 10.1. The fourth-order valence-electron chi connectivity index (χ4n) is 6.60. The molecule has 0 aromatic rings. The van der Waals surface area contributed by atoms with E-state index in [2.05, 4.69) is 118 Å². The van der Waals surface area contributed by atoms with Gasteiger partial charge in [0, 0.05) is 19.3 Å². The first kappa shape index (κ1) is 58.3. The molecule has 0 bridgehead atoms. The summed E-state index contributed by atoms with van der Waals surface area (Å²) >= 11 is 0. The number of unbranched alkanes of at least 4 members (excludes halogenated alkanes) is 19. The van der Waals surface area contributed by atoms with Crippen LogP contribution in [0, 0.1) is 0 Å². The molecule has 0 heterocycles. The Morgan fingerprint density at radius 1 is 0.355 bits per heavy atom. The summed E-state index contributed by atoms with van der Waals surface area (Å²) in [4.78, 5) is 37.9. The number of carbonyl (C=O) groups excluding carboxylic acids is 3. The molecular formula is C56H92O6. The maximum absolute atomic E-state index is 12.8. The molecule has 0 aliphatic carbocycles. The number of rotatable bonds is 44. The van der Waals surface area contributed by atoms with Crippen molar-refractivity contribution in [3.8, 4) is 0 Å². The molecule has 62 heavy (non-hydrogen) atoms. The van der Waals surface area contributed by atoms with Gasteiger partial charge in [-0.3, -0.25) is 14.4 Å². The second-order valence-corrected chi connectivity index (χ2v) is 16.4. The summed E-state index contributed by atoms with van der Waals surface area (Å²) in [7, 11) is 0. The molecule has 352 valence electrons. The summed E-state index contributed by atoms with van der Waals surface area (Å²) in [5.74, 6) is -0.954. The molecule has 0 amide bonds. The van der Waals surface area contributed by atoms with Crippen LogP contribution in [-0.4, -0.2) is 37.2 Å². The molecule has 0 aromatic heterocycles. The van der Waals surface area contributed by atoms with Crippen LogP contribution < -0.4 is 0 Å². The molecule has 0 radical (unpaired) electrons. The molecule has 0 saturated heterocycles. The van der Waals surface area contributed by atoms with E-state index in [1.165, 1.54) is 51.4 Å². The summed E-state index contributed by atoms with van der Waals surface area (Å²) in [6.45, 7) is 6.31. The van der Waals surface area contributed by atoms with Crippen LogP contribution in [0.5, 0.6) is 0 Å². The van der Waals surface area contributed by atoms with Crippen molar-refractivity contribution in [3.05, 3.63) is 97.2 Å². The molecule has 0 aromatic carbocycles. The van der Waals surface area contributed by atoms with Gasteiger partial charge in [-0.2, -0.15) is 0 Å². The Hall–Kier alpha value is -3.67. The molecule has 0 N–H and O–H groups in total. The van der Waals surface area contributed by atoms with Gasteiger partial charge in [0.25, 0.3) is 0 Å². The lowest BCUT2D eigenvalue weighted by Gasteiger charge is -2.18. The molecule has 0 rings (SSSR count). The van der Waals surface area contributed by atoms with E-state index in [-0.39, 0.29) is 31.1 Å². The fraction of sp³-hybridized carbons (Fsp3) is 0.661. The van der Waals surface area contributed by atoms with Crippen LogP contribution in [0.15, 0.2) is 97.2 Å². The first-order valence-corrected chi connectivity index (χ1v) is 25.3. The van der Waals surface area contributed by atoms with E-state index in [1.807, 2.05) is 0 Å². The minimum Gasteiger partial charge on any atom is -0.462 e. The largest absolute Gasteiger partial charge is 0.462 e. The standard InChI is InChI=1S/C56H92O6/c1-4-7-10-13-16-19-22-25-27-28-29-32-34-37-40-43-46-49-55(58)61-52-53(51-60-54(57)48-45-42-39-36-33-30-24-21-18-15-12-9-6-3)62-56(59)50-47-44-41-38-35-31-26-23-20-17-14-11-8-5-2/h8-9,11-12,15-21,24-27,31,53H,4-7,10,13-14,22-23,28-30,32-52H2,1-3H3/b11-8-,12-9-,18-15-,19-16-,20-17-,24-21-,27-25-,31-26-. The second-order valence-electron chi connectivity index (χ2n) is 16.4. The van der Waals surface area contributed by atoms with E-state index in [4.69, 9.17) is 14.2 Å². The molecule has 1 unspecified atom stereocenters. The molecule has 0 fully saturated rings. The molecule has 6 heteroatoms. The third-order valence-electron chi connectivity index (χ3n) is 10.4. The highest BCUT2D eigenvalue weighted by atomic mass is 16.6. The molecule has 0 saturated carbocycles. The average molecular weight is 861 g/mol. The SMILES string of the molecule is CC\C=C/C=C\C=C/CCCCCCCC(=O)OCC(COC(=O)CCCCCCCCC/C=C\C/C=C\CCCCC)OC(=O)CCCCCC/C=C\C/C=C\C/C=C\CC. The number of ether oxygens (including phenoxy) is 3. The molecule has 0 aliphatic heterocycles. The van der Waals surface area contributed by atoms with Gasteiger partial charge in [0.05, 0.1) is 0 Å². The van der Waals surface area contributed by atoms with Gasteiger partial charge in [0.1, 0.15) is 13.2 Å². The zero-order chi connectivity index (χ0) is 45.1. The molecular weight excluding hydrogens is 769 g/mol. The van der Waals surface area contributed by atoms with E-state index >= 15 is 0 Å². The monoisotopic (exact) mass is 861 g/mol. The van der Waals surface area contributed by atoms with Crippen molar-refractivity contribution in [1.29, 1.82) is 0 Å². The Labute approximate surface area is 381 Å². The number of allylic oxidation sites excluding steroid dienone is 16. The summed E-state index contributed by atoms with van der Waals surface area (Å²) in [5, 5.41) is 0. The minimum absolute atomic E-state index is 0.0990. The maximum Gasteiger partial charge on any atom is 0.306 e. The quantitative estimate of drug-likeness (QED) is 0.0200. The van der Waals surface area contributed by atoms with Gasteiger partial charge in [-0.1, -0.05) is 195 Å². The van der Waals surface area contributed by atoms with Crippen LogP contribution in [0.25, 0.3) is 0 Å².